The van der Waals surface area contributed by atoms with Crippen LogP contribution in [0.4, 0.5) is 11.4 Å². The molecule has 0 radical (unpaired) electrons. The Bertz CT molecular complexity index is 810. The number of nitro benzene ring substituents is 1. The van der Waals surface area contributed by atoms with E-state index in [1.165, 1.54) is 30.0 Å². The first kappa shape index (κ1) is 17.7. The third kappa shape index (κ3) is 4.29. The van der Waals surface area contributed by atoms with Crippen LogP contribution in [0.1, 0.15) is 25.1 Å². The standard InChI is InChI=1S/C15H16ClN5O3S/c16-10-5-6-11(12(8-10)21(23)24)17-14(22)9-25-15-19-18-13-4-2-1-3-7-20(13)15/h5-6,8H,1-4,7,9H2,(H,17,22). The van der Waals surface area contributed by atoms with Crippen LogP contribution in [0.3, 0.4) is 0 Å². The van der Waals surface area contributed by atoms with Gasteiger partial charge in [-0.1, -0.05) is 29.8 Å². The first-order valence-corrected chi connectivity index (χ1v) is 9.19. The number of aromatic nitrogens is 3. The predicted molar refractivity (Wildman–Crippen MR) is 95.0 cm³/mol. The maximum absolute atomic E-state index is 12.2. The molecule has 0 unspecified atom stereocenters. The molecule has 8 nitrogen and oxygen atoms in total. The van der Waals surface area contributed by atoms with E-state index in [4.69, 9.17) is 11.6 Å². The number of rotatable bonds is 5. The Morgan fingerprint density at radius 2 is 2.20 bits per heavy atom. The van der Waals surface area contributed by atoms with Crippen LogP contribution in [0.5, 0.6) is 0 Å². The second kappa shape index (κ2) is 7.83. The molecule has 25 heavy (non-hydrogen) atoms. The number of amides is 1. The SMILES string of the molecule is O=C(CSc1nnc2n1CCCCC2)Nc1ccc(Cl)cc1[N+](=O)[O-]. The molecule has 0 saturated heterocycles. The van der Waals surface area contributed by atoms with Gasteiger partial charge in [0.05, 0.1) is 10.7 Å². The molecule has 3 rings (SSSR count). The average molecular weight is 382 g/mol. The van der Waals surface area contributed by atoms with Gasteiger partial charge in [0.2, 0.25) is 5.91 Å². The zero-order valence-electron chi connectivity index (χ0n) is 13.3. The highest BCUT2D eigenvalue weighted by Crippen LogP contribution is 2.28. The van der Waals surface area contributed by atoms with Crippen molar-refractivity contribution >= 4 is 40.6 Å². The molecule has 132 valence electrons. The van der Waals surface area contributed by atoms with Crippen LogP contribution in [0.2, 0.25) is 5.02 Å². The van der Waals surface area contributed by atoms with Crippen molar-refractivity contribution in [2.45, 2.75) is 37.4 Å². The first-order chi connectivity index (χ1) is 12.0. The molecular weight excluding hydrogens is 366 g/mol. The number of fused-ring (bicyclic) bond motifs is 1. The molecule has 1 aromatic heterocycles. The number of carbonyl (C=O) groups is 1. The number of thioether (sulfide) groups is 1. The smallest absolute Gasteiger partial charge is 0.294 e. The van der Waals surface area contributed by atoms with Gasteiger partial charge in [-0.2, -0.15) is 0 Å². The number of benzene rings is 1. The van der Waals surface area contributed by atoms with Crippen molar-refractivity contribution in [3.63, 3.8) is 0 Å². The van der Waals surface area contributed by atoms with Gasteiger partial charge in [0.1, 0.15) is 11.5 Å². The molecule has 1 aromatic carbocycles. The Balaban J connectivity index is 1.64. The summed E-state index contributed by atoms with van der Waals surface area (Å²) in [6.07, 6.45) is 4.23. The summed E-state index contributed by atoms with van der Waals surface area (Å²) in [7, 11) is 0. The van der Waals surface area contributed by atoms with E-state index in [9.17, 15) is 14.9 Å². The van der Waals surface area contributed by atoms with Crippen molar-refractivity contribution in [3.8, 4) is 0 Å². The molecule has 1 aliphatic heterocycles. The average Bonchev–Trinajstić information content (AvgIpc) is 2.81. The summed E-state index contributed by atoms with van der Waals surface area (Å²) in [6.45, 7) is 0.856. The van der Waals surface area contributed by atoms with Gasteiger partial charge >= 0.3 is 0 Å². The monoisotopic (exact) mass is 381 g/mol. The van der Waals surface area contributed by atoms with E-state index in [0.29, 0.717) is 5.16 Å². The van der Waals surface area contributed by atoms with Gasteiger partial charge in [-0.3, -0.25) is 14.9 Å². The van der Waals surface area contributed by atoms with Crippen LogP contribution in [-0.2, 0) is 17.8 Å². The van der Waals surface area contributed by atoms with E-state index in [-0.39, 0.29) is 28.1 Å². The van der Waals surface area contributed by atoms with Crippen molar-refractivity contribution in [2.24, 2.45) is 0 Å². The summed E-state index contributed by atoms with van der Waals surface area (Å²) in [4.78, 5) is 22.6. The molecule has 1 N–H and O–H groups in total. The second-order valence-electron chi connectivity index (χ2n) is 5.62. The lowest BCUT2D eigenvalue weighted by molar-refractivity contribution is -0.383. The first-order valence-electron chi connectivity index (χ1n) is 7.83. The highest BCUT2D eigenvalue weighted by Gasteiger charge is 2.19. The summed E-state index contributed by atoms with van der Waals surface area (Å²) in [5.74, 6) is 0.702. The Labute approximate surface area is 153 Å². The minimum absolute atomic E-state index is 0.0952. The fourth-order valence-electron chi connectivity index (χ4n) is 2.64. The molecular formula is C15H16ClN5O3S. The van der Waals surface area contributed by atoms with Gasteiger partial charge in [0.25, 0.3) is 5.69 Å². The third-order valence-electron chi connectivity index (χ3n) is 3.84. The van der Waals surface area contributed by atoms with Crippen LogP contribution in [0.15, 0.2) is 23.4 Å². The van der Waals surface area contributed by atoms with Crippen molar-refractivity contribution in [1.82, 2.24) is 14.8 Å². The summed E-state index contributed by atoms with van der Waals surface area (Å²) in [5, 5.41) is 22.9. The van der Waals surface area contributed by atoms with Crippen molar-refractivity contribution in [1.29, 1.82) is 0 Å². The third-order valence-corrected chi connectivity index (χ3v) is 5.04. The maximum Gasteiger partial charge on any atom is 0.294 e. The molecule has 0 aliphatic carbocycles. The van der Waals surface area contributed by atoms with Crippen LogP contribution >= 0.6 is 23.4 Å². The Kier molecular flexibility index (Phi) is 5.54. The normalized spacial score (nSPS) is 13.8. The Hall–Kier alpha value is -2.13. The fourth-order valence-corrected chi connectivity index (χ4v) is 3.59. The predicted octanol–water partition coefficient (Wildman–Crippen LogP) is 3.30. The quantitative estimate of drug-likeness (QED) is 0.484. The van der Waals surface area contributed by atoms with Gasteiger partial charge in [0.15, 0.2) is 5.16 Å². The minimum Gasteiger partial charge on any atom is -0.320 e. The van der Waals surface area contributed by atoms with Gasteiger partial charge in [-0.15, -0.1) is 10.2 Å². The summed E-state index contributed by atoms with van der Waals surface area (Å²) >= 11 is 7.04. The summed E-state index contributed by atoms with van der Waals surface area (Å²) in [5.41, 5.74) is -0.109. The lowest BCUT2D eigenvalue weighted by Gasteiger charge is -2.08. The van der Waals surface area contributed by atoms with Crippen molar-refractivity contribution in [2.75, 3.05) is 11.1 Å². The van der Waals surface area contributed by atoms with E-state index in [1.807, 2.05) is 0 Å². The number of hydrogen-bond donors (Lipinski definition) is 1. The molecule has 2 aromatic rings. The van der Waals surface area contributed by atoms with Crippen LogP contribution < -0.4 is 5.32 Å². The molecule has 1 aliphatic rings. The number of hydrogen-bond acceptors (Lipinski definition) is 6. The Morgan fingerprint density at radius 3 is 3.00 bits per heavy atom. The van der Waals surface area contributed by atoms with E-state index in [2.05, 4.69) is 20.1 Å². The number of nitrogens with one attached hydrogen (secondary N) is 1. The number of nitrogens with zero attached hydrogens (tertiary/aromatic N) is 4. The summed E-state index contributed by atoms with van der Waals surface area (Å²) < 4.78 is 2.05. The fraction of sp³-hybridized carbons (Fsp3) is 0.400. The van der Waals surface area contributed by atoms with Crippen molar-refractivity contribution < 1.29 is 9.72 Å². The molecule has 0 bridgehead atoms. The molecule has 0 atom stereocenters. The van der Waals surface area contributed by atoms with E-state index in [1.54, 1.807) is 0 Å². The van der Waals surface area contributed by atoms with Crippen LogP contribution in [0.25, 0.3) is 0 Å². The van der Waals surface area contributed by atoms with Gasteiger partial charge < -0.3 is 9.88 Å². The maximum atomic E-state index is 12.2. The topological polar surface area (TPSA) is 103 Å². The molecule has 2 heterocycles. The number of halogens is 1. The van der Waals surface area contributed by atoms with E-state index >= 15 is 0 Å². The zero-order chi connectivity index (χ0) is 17.8. The molecule has 1 amide bonds. The van der Waals surface area contributed by atoms with Crippen LogP contribution in [-0.4, -0.2) is 31.3 Å². The second-order valence-corrected chi connectivity index (χ2v) is 7.00. The minimum atomic E-state index is -0.576. The Morgan fingerprint density at radius 1 is 1.36 bits per heavy atom. The van der Waals surface area contributed by atoms with Gasteiger partial charge in [0, 0.05) is 24.1 Å². The summed E-state index contributed by atoms with van der Waals surface area (Å²) in [6, 6.07) is 4.13. The number of aryl methyl sites for hydroxylation is 1. The van der Waals surface area contributed by atoms with Crippen molar-refractivity contribution in [3.05, 3.63) is 39.2 Å². The largest absolute Gasteiger partial charge is 0.320 e. The lowest BCUT2D eigenvalue weighted by Crippen LogP contribution is -2.15. The van der Waals surface area contributed by atoms with Crippen LogP contribution in [0, 0.1) is 10.1 Å². The highest BCUT2D eigenvalue weighted by molar-refractivity contribution is 7.99. The number of anilines is 1. The van der Waals surface area contributed by atoms with E-state index in [0.717, 1.165) is 38.1 Å². The van der Waals surface area contributed by atoms with E-state index < -0.39 is 4.92 Å². The number of nitro groups is 1. The molecule has 10 heteroatoms. The lowest BCUT2D eigenvalue weighted by atomic mass is 10.2. The number of carbonyl (C=O) groups excluding carboxylic acids is 1. The molecule has 0 saturated carbocycles. The molecule has 0 fully saturated rings. The van der Waals surface area contributed by atoms with Gasteiger partial charge in [-0.05, 0) is 25.0 Å². The highest BCUT2D eigenvalue weighted by atomic mass is 35.5. The van der Waals surface area contributed by atoms with Gasteiger partial charge in [-0.25, -0.2) is 0 Å². The zero-order valence-corrected chi connectivity index (χ0v) is 14.8. The molecule has 0 spiro atoms.